The number of halogens is 1. The van der Waals surface area contributed by atoms with Gasteiger partial charge in [-0.05, 0) is 46.8 Å². The van der Waals surface area contributed by atoms with Crippen molar-refractivity contribution in [2.45, 2.75) is 46.3 Å². The van der Waals surface area contributed by atoms with Gasteiger partial charge >= 0.3 is 6.09 Å². The van der Waals surface area contributed by atoms with Gasteiger partial charge in [-0.2, -0.15) is 0 Å². The van der Waals surface area contributed by atoms with Crippen LogP contribution in [0.5, 0.6) is 5.75 Å². The molecular formula is C24H29ClN4O5. The van der Waals surface area contributed by atoms with Gasteiger partial charge in [-0.15, -0.1) is 0 Å². The topological polar surface area (TPSA) is 111 Å². The highest BCUT2D eigenvalue weighted by atomic mass is 35.5. The smallest absolute Gasteiger partial charge is 0.410 e. The van der Waals surface area contributed by atoms with Gasteiger partial charge < -0.3 is 24.0 Å². The third-order valence-corrected chi connectivity index (χ3v) is 4.90. The van der Waals surface area contributed by atoms with E-state index in [0.29, 0.717) is 34.3 Å². The molecule has 0 spiro atoms. The van der Waals surface area contributed by atoms with Crippen molar-refractivity contribution in [3.63, 3.8) is 0 Å². The molecule has 34 heavy (non-hydrogen) atoms. The summed E-state index contributed by atoms with van der Waals surface area (Å²) < 4.78 is 16.3. The lowest BCUT2D eigenvalue weighted by Gasteiger charge is -2.26. The molecule has 0 radical (unpaired) electrons. The monoisotopic (exact) mass is 488 g/mol. The molecule has 2 aromatic heterocycles. The van der Waals surface area contributed by atoms with Gasteiger partial charge in [-0.3, -0.25) is 0 Å². The minimum absolute atomic E-state index is 0.0165. The number of aromatic nitrogens is 3. The van der Waals surface area contributed by atoms with Crippen molar-refractivity contribution in [1.29, 1.82) is 0 Å². The highest BCUT2D eigenvalue weighted by Crippen LogP contribution is 2.30. The summed E-state index contributed by atoms with van der Waals surface area (Å²) in [4.78, 5) is 22.4. The molecule has 9 nitrogen and oxygen atoms in total. The van der Waals surface area contributed by atoms with Crippen LogP contribution in [0, 0.1) is 13.8 Å². The van der Waals surface area contributed by atoms with Crippen LogP contribution in [0.25, 0.3) is 22.6 Å². The second-order valence-corrected chi connectivity index (χ2v) is 9.34. The van der Waals surface area contributed by atoms with Crippen molar-refractivity contribution < 1.29 is 23.9 Å². The summed E-state index contributed by atoms with van der Waals surface area (Å²) in [5.41, 5.74) is 2.17. The predicted octanol–water partition coefficient (Wildman–Crippen LogP) is 4.68. The lowest BCUT2D eigenvalue weighted by Crippen LogP contribution is -2.40. The van der Waals surface area contributed by atoms with Crippen LogP contribution in [0.1, 0.15) is 32.2 Å². The number of aryl methyl sites for hydroxylation is 2. The average Bonchev–Trinajstić information content (AvgIpc) is 3.08. The Hall–Kier alpha value is -3.17. The third kappa shape index (κ3) is 6.68. The lowest BCUT2D eigenvalue weighted by atomic mass is 10.1. The van der Waals surface area contributed by atoms with E-state index in [-0.39, 0.29) is 18.3 Å². The van der Waals surface area contributed by atoms with E-state index in [4.69, 9.17) is 25.6 Å². The Labute approximate surface area is 203 Å². The van der Waals surface area contributed by atoms with Crippen molar-refractivity contribution in [2.75, 3.05) is 20.2 Å². The maximum Gasteiger partial charge on any atom is 0.410 e. The average molecular weight is 489 g/mol. The van der Waals surface area contributed by atoms with E-state index in [2.05, 4.69) is 15.1 Å². The number of carbonyl (C=O) groups excluding carboxylic acids is 1. The number of aliphatic hydroxyl groups is 1. The van der Waals surface area contributed by atoms with Crippen molar-refractivity contribution >= 4 is 17.7 Å². The van der Waals surface area contributed by atoms with Crippen LogP contribution in [0.4, 0.5) is 4.79 Å². The Bertz CT molecular complexity index is 1140. The highest BCUT2D eigenvalue weighted by molar-refractivity contribution is 6.29. The summed E-state index contributed by atoms with van der Waals surface area (Å²) in [5.74, 6) is 1.57. The molecule has 2 heterocycles. The van der Waals surface area contributed by atoms with Crippen LogP contribution < -0.4 is 4.74 Å². The number of aliphatic hydroxyl groups excluding tert-OH is 1. The standard InChI is InChI=1S/C24H29ClN4O5/c1-14-21(15(2)34-28-14)19-11-20(25)27-22(26-19)16-8-7-9-18(10-16)32-13-17(30)12-29(6)23(31)33-24(3,4)5/h7-11,17,30H,12-13H2,1-6H3/t17-/m1/s1. The first-order valence-electron chi connectivity index (χ1n) is 10.8. The fourth-order valence-corrected chi connectivity index (χ4v) is 3.41. The van der Waals surface area contributed by atoms with Gasteiger partial charge in [0.2, 0.25) is 0 Å². The molecule has 0 fully saturated rings. The van der Waals surface area contributed by atoms with Crippen LogP contribution in [-0.4, -0.2) is 63.1 Å². The van der Waals surface area contributed by atoms with Gasteiger partial charge in [0.15, 0.2) is 5.82 Å². The maximum absolute atomic E-state index is 12.1. The molecule has 1 amide bonds. The number of likely N-dealkylation sites (N-methyl/N-ethyl adjacent to an activating group) is 1. The Balaban J connectivity index is 1.69. The second-order valence-electron chi connectivity index (χ2n) is 8.95. The summed E-state index contributed by atoms with van der Waals surface area (Å²) in [7, 11) is 1.56. The zero-order chi connectivity index (χ0) is 25.0. The van der Waals surface area contributed by atoms with Crippen LogP contribution in [0.2, 0.25) is 5.15 Å². The molecule has 0 saturated carbocycles. The molecule has 182 valence electrons. The number of nitrogens with zero attached hydrogens (tertiary/aromatic N) is 4. The van der Waals surface area contributed by atoms with Crippen molar-refractivity contribution in [3.05, 3.63) is 46.9 Å². The predicted molar refractivity (Wildman–Crippen MR) is 128 cm³/mol. The molecule has 0 aliphatic carbocycles. The number of benzene rings is 1. The van der Waals surface area contributed by atoms with E-state index in [1.165, 1.54) is 4.90 Å². The van der Waals surface area contributed by atoms with Gasteiger partial charge in [-0.25, -0.2) is 14.8 Å². The molecule has 0 unspecified atom stereocenters. The SMILES string of the molecule is Cc1noc(C)c1-c1cc(Cl)nc(-c2cccc(OC[C@H](O)CN(C)C(=O)OC(C)(C)C)c2)n1. The number of carbonyl (C=O) groups is 1. The van der Waals surface area contributed by atoms with E-state index in [0.717, 1.165) is 5.56 Å². The first-order valence-corrected chi connectivity index (χ1v) is 11.1. The number of hydrogen-bond donors (Lipinski definition) is 1. The van der Waals surface area contributed by atoms with Gasteiger partial charge in [0.25, 0.3) is 0 Å². The first kappa shape index (κ1) is 25.5. The minimum Gasteiger partial charge on any atom is -0.491 e. The summed E-state index contributed by atoms with van der Waals surface area (Å²) in [6, 6.07) is 8.81. The van der Waals surface area contributed by atoms with Gasteiger partial charge in [0, 0.05) is 18.7 Å². The normalized spacial score (nSPS) is 12.4. The van der Waals surface area contributed by atoms with Crippen molar-refractivity contribution in [3.8, 4) is 28.4 Å². The first-order chi connectivity index (χ1) is 15.9. The number of ether oxygens (including phenoxy) is 2. The second kappa shape index (κ2) is 10.4. The molecule has 1 N–H and O–H groups in total. The summed E-state index contributed by atoms with van der Waals surface area (Å²) >= 11 is 6.27. The highest BCUT2D eigenvalue weighted by Gasteiger charge is 2.22. The van der Waals surface area contributed by atoms with E-state index >= 15 is 0 Å². The largest absolute Gasteiger partial charge is 0.491 e. The molecule has 0 bridgehead atoms. The maximum atomic E-state index is 12.1. The molecule has 3 aromatic rings. The number of rotatable bonds is 7. The van der Waals surface area contributed by atoms with E-state index in [9.17, 15) is 9.90 Å². The zero-order valence-corrected chi connectivity index (χ0v) is 20.9. The Morgan fingerprint density at radius 3 is 2.62 bits per heavy atom. The molecular weight excluding hydrogens is 460 g/mol. The Kier molecular flexibility index (Phi) is 7.78. The fourth-order valence-electron chi connectivity index (χ4n) is 3.22. The minimum atomic E-state index is -0.908. The number of amides is 1. The molecule has 1 atom stereocenters. The van der Waals surface area contributed by atoms with Crippen LogP contribution >= 0.6 is 11.6 Å². The van der Waals surface area contributed by atoms with Crippen LogP contribution in [0.15, 0.2) is 34.9 Å². The van der Waals surface area contributed by atoms with Crippen molar-refractivity contribution in [1.82, 2.24) is 20.0 Å². The van der Waals surface area contributed by atoms with Gasteiger partial charge in [0.05, 0.1) is 23.5 Å². The van der Waals surface area contributed by atoms with Crippen LogP contribution in [-0.2, 0) is 4.74 Å². The Morgan fingerprint density at radius 1 is 1.24 bits per heavy atom. The molecule has 3 rings (SSSR count). The van der Waals surface area contributed by atoms with E-state index < -0.39 is 17.8 Å². The van der Waals surface area contributed by atoms with E-state index in [1.54, 1.807) is 52.1 Å². The molecule has 0 aliphatic heterocycles. The van der Waals surface area contributed by atoms with Gasteiger partial charge in [-0.1, -0.05) is 28.9 Å². The zero-order valence-electron chi connectivity index (χ0n) is 20.1. The summed E-state index contributed by atoms with van der Waals surface area (Å²) in [6.45, 7) is 9.04. The molecule has 1 aromatic carbocycles. The third-order valence-electron chi connectivity index (χ3n) is 4.71. The van der Waals surface area contributed by atoms with E-state index in [1.807, 2.05) is 19.9 Å². The number of hydrogen-bond acceptors (Lipinski definition) is 8. The summed E-state index contributed by atoms with van der Waals surface area (Å²) in [6.07, 6.45) is -1.42. The fraction of sp³-hybridized carbons (Fsp3) is 0.417. The van der Waals surface area contributed by atoms with Crippen LogP contribution in [0.3, 0.4) is 0 Å². The lowest BCUT2D eigenvalue weighted by molar-refractivity contribution is 0.0154. The quantitative estimate of drug-likeness (QED) is 0.477. The molecule has 10 heteroatoms. The summed E-state index contributed by atoms with van der Waals surface area (Å²) in [5, 5.41) is 14.6. The Morgan fingerprint density at radius 2 is 1.97 bits per heavy atom. The van der Waals surface area contributed by atoms with Crippen molar-refractivity contribution in [2.24, 2.45) is 0 Å². The molecule has 0 saturated heterocycles. The van der Waals surface area contributed by atoms with Gasteiger partial charge in [0.1, 0.15) is 35.0 Å². The molecule has 0 aliphatic rings.